The summed E-state index contributed by atoms with van der Waals surface area (Å²) in [6, 6.07) is 7.75. The Hall–Kier alpha value is -4.44. The van der Waals surface area contributed by atoms with Gasteiger partial charge in [0.2, 0.25) is 5.88 Å². The van der Waals surface area contributed by atoms with Gasteiger partial charge in [0.1, 0.15) is 47.1 Å². The van der Waals surface area contributed by atoms with Gasteiger partial charge in [-0.2, -0.15) is 9.97 Å². The van der Waals surface area contributed by atoms with Crippen LogP contribution in [0, 0.1) is 24.0 Å². The van der Waals surface area contributed by atoms with E-state index < -0.39 is 29.4 Å². The molecule has 9 nitrogen and oxygen atoms in total. The van der Waals surface area contributed by atoms with Crippen LogP contribution in [-0.4, -0.2) is 93.7 Å². The SMILES string of the molecule is C#Cc1c(F)ccc2cccc(-c3nc4c5c(nc(OCC67CC(=C)CN6C[C@H](F)C7)nc5c3F)N3C[C@H]5CC[C@H](N5)[C@H]3[C@H](CO)O4)c12. The first-order valence-corrected chi connectivity index (χ1v) is 16.3. The van der Waals surface area contributed by atoms with Crippen molar-refractivity contribution in [3.8, 4) is 35.5 Å². The highest BCUT2D eigenvalue weighted by Crippen LogP contribution is 2.46. The molecule has 2 bridgehead atoms. The number of pyridine rings is 1. The third-order valence-corrected chi connectivity index (χ3v) is 10.8. The fourth-order valence-corrected chi connectivity index (χ4v) is 8.86. The summed E-state index contributed by atoms with van der Waals surface area (Å²) in [6.45, 7) is 5.36. The number of hydrogen-bond acceptors (Lipinski definition) is 9. The monoisotopic (exact) mass is 654 g/mol. The van der Waals surface area contributed by atoms with E-state index >= 15 is 4.39 Å². The molecule has 2 N–H and O–H groups in total. The zero-order valence-corrected chi connectivity index (χ0v) is 26.1. The molecule has 4 aromatic rings. The molecule has 12 heteroatoms. The van der Waals surface area contributed by atoms with E-state index in [9.17, 15) is 13.9 Å². The van der Waals surface area contributed by atoms with Crippen LogP contribution < -0.4 is 19.7 Å². The average Bonchev–Trinajstić information content (AvgIpc) is 3.67. The summed E-state index contributed by atoms with van der Waals surface area (Å²) in [5.74, 6) is 1.48. The molecule has 5 aliphatic rings. The molecule has 4 saturated heterocycles. The summed E-state index contributed by atoms with van der Waals surface area (Å²) in [4.78, 5) is 18.3. The van der Waals surface area contributed by atoms with Crippen molar-refractivity contribution in [2.75, 3.05) is 37.7 Å². The van der Waals surface area contributed by atoms with E-state index in [1.54, 1.807) is 24.3 Å². The van der Waals surface area contributed by atoms with Crippen LogP contribution in [0.5, 0.6) is 11.9 Å². The predicted molar refractivity (Wildman–Crippen MR) is 174 cm³/mol. The van der Waals surface area contributed by atoms with Crippen LogP contribution in [-0.2, 0) is 0 Å². The molecule has 0 saturated carbocycles. The van der Waals surface area contributed by atoms with Crippen LogP contribution in [0.15, 0.2) is 42.5 Å². The van der Waals surface area contributed by atoms with E-state index in [4.69, 9.17) is 25.9 Å². The number of rotatable bonds is 5. The molecule has 1 unspecified atom stereocenters. The molecule has 9 rings (SSSR count). The van der Waals surface area contributed by atoms with Gasteiger partial charge in [-0.1, -0.05) is 42.3 Å². The van der Waals surface area contributed by atoms with Crippen molar-refractivity contribution in [3.05, 3.63) is 59.7 Å². The molecule has 7 heterocycles. The first-order valence-electron chi connectivity index (χ1n) is 16.3. The number of terminal acetylenes is 1. The van der Waals surface area contributed by atoms with E-state index in [1.807, 2.05) is 0 Å². The van der Waals surface area contributed by atoms with Gasteiger partial charge in [0.05, 0.1) is 23.8 Å². The average molecular weight is 655 g/mol. The Kier molecular flexibility index (Phi) is 6.67. The number of benzene rings is 2. The maximum Gasteiger partial charge on any atom is 0.319 e. The molecule has 2 aromatic heterocycles. The minimum absolute atomic E-state index is 0.00920. The van der Waals surface area contributed by atoms with Crippen molar-refractivity contribution < 1.29 is 27.8 Å². The minimum Gasteiger partial charge on any atom is -0.469 e. The van der Waals surface area contributed by atoms with Gasteiger partial charge in [-0.05, 0) is 30.7 Å². The van der Waals surface area contributed by atoms with Crippen LogP contribution in [0.4, 0.5) is 19.0 Å². The normalized spacial score (nSPS) is 29.1. The number of alkyl halides is 1. The number of anilines is 1. The second-order valence-electron chi connectivity index (χ2n) is 13.8. The lowest BCUT2D eigenvalue weighted by Gasteiger charge is -2.43. The third kappa shape index (κ3) is 4.34. The number of aliphatic hydroxyl groups excluding tert-OH is 1. The molecule has 246 valence electrons. The first-order chi connectivity index (χ1) is 23.3. The number of fused-ring (bicyclic) bond motifs is 7. The smallest absolute Gasteiger partial charge is 0.319 e. The summed E-state index contributed by atoms with van der Waals surface area (Å²) in [5, 5.41) is 15.5. The maximum absolute atomic E-state index is 17.1. The largest absolute Gasteiger partial charge is 0.469 e. The van der Waals surface area contributed by atoms with Crippen molar-refractivity contribution in [1.29, 1.82) is 0 Å². The van der Waals surface area contributed by atoms with E-state index in [-0.39, 0.29) is 71.0 Å². The third-order valence-electron chi connectivity index (χ3n) is 10.8. The van der Waals surface area contributed by atoms with Gasteiger partial charge >= 0.3 is 6.01 Å². The minimum atomic E-state index is -0.986. The zero-order valence-electron chi connectivity index (χ0n) is 26.1. The van der Waals surface area contributed by atoms with E-state index in [0.717, 1.165) is 18.4 Å². The number of hydrogen-bond donors (Lipinski definition) is 2. The Morgan fingerprint density at radius 2 is 2.02 bits per heavy atom. The second kappa shape index (κ2) is 10.8. The van der Waals surface area contributed by atoms with Crippen molar-refractivity contribution in [1.82, 2.24) is 25.2 Å². The van der Waals surface area contributed by atoms with E-state index in [0.29, 0.717) is 49.1 Å². The Balaban J connectivity index is 1.25. The number of nitrogens with zero attached hydrogens (tertiary/aromatic N) is 5. The van der Waals surface area contributed by atoms with Gasteiger partial charge in [-0.3, -0.25) is 4.90 Å². The summed E-state index contributed by atoms with van der Waals surface area (Å²) >= 11 is 0. The molecule has 0 spiro atoms. The number of piperazine rings is 1. The van der Waals surface area contributed by atoms with Gasteiger partial charge in [-0.25, -0.2) is 18.2 Å². The summed E-state index contributed by atoms with van der Waals surface area (Å²) < 4.78 is 59.5. The molecule has 0 amide bonds. The van der Waals surface area contributed by atoms with Gasteiger partial charge in [0, 0.05) is 49.1 Å². The Labute approximate surface area is 274 Å². The molecule has 2 aromatic carbocycles. The quantitative estimate of drug-likeness (QED) is 0.242. The molecule has 0 radical (unpaired) electrons. The molecule has 5 aliphatic heterocycles. The molecular formula is C36H33F3N6O3. The molecular weight excluding hydrogens is 621 g/mol. The lowest BCUT2D eigenvalue weighted by atomic mass is 9.93. The summed E-state index contributed by atoms with van der Waals surface area (Å²) in [7, 11) is 0. The van der Waals surface area contributed by atoms with Gasteiger partial charge in [0.15, 0.2) is 5.82 Å². The number of ether oxygens (including phenoxy) is 2. The highest BCUT2D eigenvalue weighted by atomic mass is 19.1. The Bertz CT molecular complexity index is 2070. The van der Waals surface area contributed by atoms with E-state index in [1.165, 1.54) is 6.07 Å². The first kappa shape index (κ1) is 29.7. The Morgan fingerprint density at radius 3 is 2.85 bits per heavy atom. The summed E-state index contributed by atoms with van der Waals surface area (Å²) in [6.07, 6.45) is 6.73. The van der Waals surface area contributed by atoms with E-state index in [2.05, 4.69) is 32.6 Å². The number of nitrogens with one attached hydrogen (secondary N) is 1. The summed E-state index contributed by atoms with van der Waals surface area (Å²) in [5.41, 5.74) is 0.451. The maximum atomic E-state index is 17.1. The zero-order chi connectivity index (χ0) is 32.9. The van der Waals surface area contributed by atoms with Crippen molar-refractivity contribution in [2.45, 2.75) is 61.6 Å². The number of halogens is 3. The van der Waals surface area contributed by atoms with Crippen LogP contribution in [0.2, 0.25) is 0 Å². The standard InChI is InChI=1S/C36H33F3N6O3/c1-3-22-24(38)9-7-19-5-4-6-23(27(19)22)30-29(39)31-28-33(43-35(42-31)47-17-36-11-18(2)13-44(36)14-20(37)12-36)45-15-21-8-10-25(40-21)32(45)26(16-46)48-34(28)41-30/h1,4-7,9,20-21,25-26,32,40,46H,2,8,10-17H2/t20-,21-,25+,26+,32+,36?/m1/s1. The second-order valence-corrected chi connectivity index (χ2v) is 13.8. The Morgan fingerprint density at radius 1 is 1.15 bits per heavy atom. The molecule has 0 aliphatic carbocycles. The van der Waals surface area contributed by atoms with Crippen molar-refractivity contribution >= 4 is 27.5 Å². The number of aliphatic hydroxyl groups is 1. The van der Waals surface area contributed by atoms with Gasteiger partial charge < -0.3 is 24.8 Å². The lowest BCUT2D eigenvalue weighted by Crippen LogP contribution is -2.63. The fourth-order valence-electron chi connectivity index (χ4n) is 8.86. The molecule has 6 atom stereocenters. The van der Waals surface area contributed by atoms with Crippen LogP contribution in [0.25, 0.3) is 32.9 Å². The van der Waals surface area contributed by atoms with Crippen LogP contribution >= 0.6 is 0 Å². The predicted octanol–water partition coefficient (Wildman–Crippen LogP) is 4.29. The van der Waals surface area contributed by atoms with Crippen molar-refractivity contribution in [2.24, 2.45) is 0 Å². The molecule has 48 heavy (non-hydrogen) atoms. The van der Waals surface area contributed by atoms with Crippen LogP contribution in [0.3, 0.4) is 0 Å². The lowest BCUT2D eigenvalue weighted by molar-refractivity contribution is 0.0759. The highest BCUT2D eigenvalue weighted by molar-refractivity contribution is 6.03. The number of aromatic nitrogens is 3. The van der Waals surface area contributed by atoms with Crippen LogP contribution in [0.1, 0.15) is 31.2 Å². The van der Waals surface area contributed by atoms with Gasteiger partial charge in [-0.15, -0.1) is 6.42 Å². The van der Waals surface area contributed by atoms with Gasteiger partial charge in [0.25, 0.3) is 0 Å². The highest BCUT2D eigenvalue weighted by Gasteiger charge is 2.51. The molecule has 4 fully saturated rings. The fraction of sp³-hybridized carbons (Fsp3) is 0.417. The van der Waals surface area contributed by atoms with Crippen molar-refractivity contribution in [3.63, 3.8) is 0 Å². The topological polar surface area (TPSA) is 95.9 Å².